The topological polar surface area (TPSA) is 119 Å². The van der Waals surface area contributed by atoms with E-state index in [2.05, 4.69) is 11.4 Å². The van der Waals surface area contributed by atoms with Gasteiger partial charge in [-0.1, -0.05) is 42.5 Å². The van der Waals surface area contributed by atoms with Crippen LogP contribution in [0.1, 0.15) is 17.0 Å². The molecule has 1 aliphatic heterocycles. The number of allylic oxidation sites excluding steroid dienone is 1. The van der Waals surface area contributed by atoms with Gasteiger partial charge >= 0.3 is 0 Å². The van der Waals surface area contributed by atoms with Crippen LogP contribution in [0, 0.1) is 11.3 Å². The lowest BCUT2D eigenvalue weighted by Crippen LogP contribution is -2.40. The Morgan fingerprint density at radius 1 is 1.00 bits per heavy atom. The lowest BCUT2D eigenvalue weighted by molar-refractivity contribution is -0.111. The monoisotopic (exact) mass is 536 g/mol. The predicted molar refractivity (Wildman–Crippen MR) is 152 cm³/mol. The van der Waals surface area contributed by atoms with Crippen molar-refractivity contribution in [3.05, 3.63) is 115 Å². The van der Waals surface area contributed by atoms with Crippen molar-refractivity contribution in [1.82, 2.24) is 4.57 Å². The molecule has 1 aromatic heterocycles. The summed E-state index contributed by atoms with van der Waals surface area (Å²) in [4.78, 5) is 27.5. The molecule has 0 saturated carbocycles. The lowest BCUT2D eigenvalue weighted by atomic mass is 9.83. The molecule has 39 heavy (non-hydrogen) atoms. The van der Waals surface area contributed by atoms with Crippen molar-refractivity contribution in [2.75, 3.05) is 19.5 Å². The third-order valence-corrected chi connectivity index (χ3v) is 7.52. The summed E-state index contributed by atoms with van der Waals surface area (Å²) in [6, 6.07) is 25.5. The molecule has 3 aromatic carbocycles. The molecule has 0 fully saturated rings. The standard InChI is InChI=1S/C30H24N4O4S/c1-37-21-12-8-18(9-13-21)16-24-29(36)34-27(32)23(17-31)25(19-10-14-22(38-2)15-11-19)26(30(34)39-24)28(35)33-20-6-4-3-5-7-20/h3-16,25H,32H2,1-2H3,(H,33,35)/b24-16-/t25-/m1/s1. The number of carbonyl (C=O) groups is 1. The number of hydrogen-bond acceptors (Lipinski definition) is 7. The Morgan fingerprint density at radius 3 is 2.21 bits per heavy atom. The molecule has 3 N–H and O–H groups in total. The van der Waals surface area contributed by atoms with Crippen molar-refractivity contribution >= 4 is 40.4 Å². The van der Waals surface area contributed by atoms with Crippen molar-refractivity contribution < 1.29 is 14.3 Å². The van der Waals surface area contributed by atoms with E-state index in [4.69, 9.17) is 15.2 Å². The predicted octanol–water partition coefficient (Wildman–Crippen LogP) is 2.99. The Labute approximate surface area is 228 Å². The number of rotatable bonds is 6. The normalized spacial score (nSPS) is 14.9. The molecule has 0 aliphatic carbocycles. The number of ether oxygens (including phenoxy) is 2. The van der Waals surface area contributed by atoms with E-state index in [1.54, 1.807) is 68.8 Å². The number of nitriles is 1. The summed E-state index contributed by atoms with van der Waals surface area (Å²) < 4.78 is 12.5. The Balaban J connectivity index is 1.78. The van der Waals surface area contributed by atoms with E-state index < -0.39 is 17.4 Å². The molecule has 1 amide bonds. The quantitative estimate of drug-likeness (QED) is 0.391. The maximum atomic E-state index is 13.9. The molecule has 8 nitrogen and oxygen atoms in total. The fraction of sp³-hybridized carbons (Fsp3) is 0.100. The third kappa shape index (κ3) is 4.81. The number of fused-ring (bicyclic) bond motifs is 1. The number of anilines is 1. The van der Waals surface area contributed by atoms with Crippen LogP contribution in [0.25, 0.3) is 17.5 Å². The summed E-state index contributed by atoms with van der Waals surface area (Å²) in [5, 5.41) is 13.1. The van der Waals surface area contributed by atoms with Gasteiger partial charge in [-0.25, -0.2) is 0 Å². The van der Waals surface area contributed by atoms with Gasteiger partial charge in [-0.05, 0) is 53.6 Å². The molecule has 5 rings (SSSR count). The second-order valence-electron chi connectivity index (χ2n) is 8.68. The molecule has 194 valence electrons. The van der Waals surface area contributed by atoms with Crippen LogP contribution in [0.2, 0.25) is 0 Å². The Morgan fingerprint density at radius 2 is 1.62 bits per heavy atom. The van der Waals surface area contributed by atoms with Gasteiger partial charge in [0.1, 0.15) is 22.0 Å². The van der Waals surface area contributed by atoms with Gasteiger partial charge in [-0.15, -0.1) is 11.3 Å². The molecule has 4 aromatic rings. The van der Waals surface area contributed by atoms with Crippen LogP contribution >= 0.6 is 11.3 Å². The number of amides is 1. The number of methoxy groups -OCH3 is 2. The van der Waals surface area contributed by atoms with Crippen LogP contribution in [0.5, 0.6) is 11.5 Å². The highest BCUT2D eigenvalue weighted by Crippen LogP contribution is 2.37. The number of hydrogen-bond donors (Lipinski definition) is 2. The number of nitrogens with one attached hydrogen (secondary N) is 1. The average molecular weight is 537 g/mol. The van der Waals surface area contributed by atoms with Crippen LogP contribution in [0.3, 0.4) is 0 Å². The van der Waals surface area contributed by atoms with E-state index in [1.807, 2.05) is 30.3 Å². The van der Waals surface area contributed by atoms with Crippen molar-refractivity contribution in [1.29, 1.82) is 5.26 Å². The van der Waals surface area contributed by atoms with Gasteiger partial charge in [0.05, 0.1) is 41.9 Å². The number of aromatic nitrogens is 1. The molecule has 2 heterocycles. The first kappa shape index (κ1) is 25.6. The van der Waals surface area contributed by atoms with Crippen molar-refractivity contribution in [2.24, 2.45) is 5.73 Å². The minimum absolute atomic E-state index is 0.000195. The zero-order chi connectivity index (χ0) is 27.5. The van der Waals surface area contributed by atoms with Gasteiger partial charge in [0, 0.05) is 5.69 Å². The second kappa shape index (κ2) is 10.7. The Hall–Kier alpha value is -5.07. The smallest absolute Gasteiger partial charge is 0.274 e. The molecule has 0 unspecified atom stereocenters. The molecule has 9 heteroatoms. The van der Waals surface area contributed by atoms with Crippen LogP contribution < -0.4 is 35.3 Å². The van der Waals surface area contributed by atoms with E-state index in [0.717, 1.165) is 16.9 Å². The molecule has 0 saturated heterocycles. The van der Waals surface area contributed by atoms with Crippen molar-refractivity contribution in [2.45, 2.75) is 5.92 Å². The number of para-hydroxylation sites is 1. The summed E-state index contributed by atoms with van der Waals surface area (Å²) >= 11 is 1.15. The first-order valence-corrected chi connectivity index (χ1v) is 12.8. The largest absolute Gasteiger partial charge is 0.497 e. The number of nitrogens with zero attached hydrogens (tertiary/aromatic N) is 2. The van der Waals surface area contributed by atoms with Gasteiger partial charge in [0.25, 0.3) is 11.5 Å². The van der Waals surface area contributed by atoms with E-state index in [9.17, 15) is 14.9 Å². The Kier molecular flexibility index (Phi) is 7.04. The molecule has 0 radical (unpaired) electrons. The molecule has 1 atom stereocenters. The summed E-state index contributed by atoms with van der Waals surface area (Å²) in [5.74, 6) is 0.0883. The second-order valence-corrected chi connectivity index (χ2v) is 9.71. The minimum Gasteiger partial charge on any atom is -0.497 e. The number of benzene rings is 3. The van der Waals surface area contributed by atoms with Crippen LogP contribution in [0.15, 0.2) is 89.2 Å². The SMILES string of the molecule is COc1ccc(/C=c2\sc3n(c2=O)C(N)=C(C#N)[C@@H](c2ccc(OC)cc2)C=3C(=O)Nc2ccccc2)cc1. The highest BCUT2D eigenvalue weighted by Gasteiger charge is 2.35. The number of thiazole rings is 1. The van der Waals surface area contributed by atoms with Crippen molar-refractivity contribution in [3.63, 3.8) is 0 Å². The zero-order valence-corrected chi connectivity index (χ0v) is 22.0. The van der Waals surface area contributed by atoms with Crippen LogP contribution in [-0.2, 0) is 4.79 Å². The fourth-order valence-corrected chi connectivity index (χ4v) is 5.64. The molecule has 0 spiro atoms. The zero-order valence-electron chi connectivity index (χ0n) is 21.2. The average Bonchev–Trinajstić information content (AvgIpc) is 3.29. The highest BCUT2D eigenvalue weighted by molar-refractivity contribution is 7.07. The van der Waals surface area contributed by atoms with Crippen LogP contribution in [-0.4, -0.2) is 24.7 Å². The van der Waals surface area contributed by atoms with E-state index in [0.29, 0.717) is 31.9 Å². The highest BCUT2D eigenvalue weighted by atomic mass is 32.1. The summed E-state index contributed by atoms with van der Waals surface area (Å²) in [5.41, 5.74) is 8.46. The van der Waals surface area contributed by atoms with Gasteiger partial charge in [-0.2, -0.15) is 5.26 Å². The number of nitrogens with two attached hydrogens (primary N) is 1. The summed E-state index contributed by atoms with van der Waals surface area (Å²) in [6.45, 7) is 0. The van der Waals surface area contributed by atoms with E-state index in [-0.39, 0.29) is 17.0 Å². The van der Waals surface area contributed by atoms with Gasteiger partial charge in [-0.3, -0.25) is 14.2 Å². The minimum atomic E-state index is -0.795. The van der Waals surface area contributed by atoms with Crippen molar-refractivity contribution in [3.8, 4) is 17.6 Å². The van der Waals surface area contributed by atoms with Gasteiger partial charge in [0.2, 0.25) is 0 Å². The summed E-state index contributed by atoms with van der Waals surface area (Å²) in [7, 11) is 3.14. The van der Waals surface area contributed by atoms with E-state index in [1.165, 1.54) is 4.57 Å². The maximum absolute atomic E-state index is 13.9. The van der Waals surface area contributed by atoms with Gasteiger partial charge < -0.3 is 20.5 Å². The molecular formula is C30H24N4O4S. The Bertz CT molecular complexity index is 1800. The molecular weight excluding hydrogens is 512 g/mol. The maximum Gasteiger partial charge on any atom is 0.274 e. The molecule has 1 aliphatic rings. The number of carbonyl (C=O) groups excluding carboxylic acids is 1. The first-order chi connectivity index (χ1) is 18.9. The summed E-state index contributed by atoms with van der Waals surface area (Å²) in [6.07, 6.45) is 1.73. The lowest BCUT2D eigenvalue weighted by Gasteiger charge is -2.25. The first-order valence-electron chi connectivity index (χ1n) is 12.0. The third-order valence-electron chi connectivity index (χ3n) is 6.41. The van der Waals surface area contributed by atoms with E-state index >= 15 is 0 Å². The van der Waals surface area contributed by atoms with Gasteiger partial charge in [0.15, 0.2) is 0 Å². The van der Waals surface area contributed by atoms with Crippen LogP contribution in [0.4, 0.5) is 5.69 Å². The molecule has 0 bridgehead atoms. The fourth-order valence-electron chi connectivity index (χ4n) is 4.47.